The number of benzene rings is 3. The number of aryl methyl sites for hydroxylation is 1. The van der Waals surface area contributed by atoms with Crippen molar-refractivity contribution < 1.29 is 27.6 Å². The Hall–Kier alpha value is -4.45. The molecule has 0 bridgehead atoms. The highest BCUT2D eigenvalue weighted by molar-refractivity contribution is 7.22. The summed E-state index contributed by atoms with van der Waals surface area (Å²) >= 11 is 1.22. The molecule has 0 spiro atoms. The summed E-state index contributed by atoms with van der Waals surface area (Å²) in [6.45, 7) is 4.03. The lowest BCUT2D eigenvalue weighted by Gasteiger charge is -2.13. The first-order valence-corrected chi connectivity index (χ1v) is 12.2. The van der Waals surface area contributed by atoms with Crippen molar-refractivity contribution in [2.75, 3.05) is 22.5 Å². The third-order valence-corrected chi connectivity index (χ3v) is 6.34. The molecule has 0 saturated heterocycles. The predicted octanol–water partition coefficient (Wildman–Crippen LogP) is 6.27. The molecule has 38 heavy (non-hydrogen) atoms. The van der Waals surface area contributed by atoms with Gasteiger partial charge < -0.3 is 16.0 Å². The summed E-state index contributed by atoms with van der Waals surface area (Å²) in [5.41, 5.74) is 1.32. The standard InChI is InChI=1S/C26H22F3N5O3S/c1-3-30-24(37)34-25-33-19-10-8-16(12-21(19)38-25)23(36)32-20-13-18(9-7-14(20)2)31-22(35)15-5-4-6-17(11-15)26(27,28)29/h4-13H,3H2,1-2H3,(H,31,35)(H,32,36)(H2,30,33,34,37). The minimum Gasteiger partial charge on any atom is -0.338 e. The van der Waals surface area contributed by atoms with E-state index in [4.69, 9.17) is 0 Å². The van der Waals surface area contributed by atoms with Crippen LogP contribution in [0.5, 0.6) is 0 Å². The van der Waals surface area contributed by atoms with Crippen LogP contribution < -0.4 is 21.3 Å². The Morgan fingerprint density at radius 2 is 1.63 bits per heavy atom. The number of anilines is 3. The smallest absolute Gasteiger partial charge is 0.338 e. The van der Waals surface area contributed by atoms with Crippen molar-refractivity contribution in [3.63, 3.8) is 0 Å². The van der Waals surface area contributed by atoms with E-state index in [0.717, 1.165) is 18.2 Å². The summed E-state index contributed by atoms with van der Waals surface area (Å²) in [4.78, 5) is 41.6. The number of hydrogen-bond donors (Lipinski definition) is 4. The van der Waals surface area contributed by atoms with Gasteiger partial charge in [0, 0.05) is 29.0 Å². The second-order valence-electron chi connectivity index (χ2n) is 8.20. The number of nitrogens with one attached hydrogen (secondary N) is 4. The Bertz CT molecular complexity index is 1530. The summed E-state index contributed by atoms with van der Waals surface area (Å²) in [7, 11) is 0. The molecule has 1 heterocycles. The number of alkyl halides is 3. The molecule has 0 radical (unpaired) electrons. The number of carbonyl (C=O) groups is 3. The highest BCUT2D eigenvalue weighted by Gasteiger charge is 2.31. The monoisotopic (exact) mass is 541 g/mol. The fourth-order valence-corrected chi connectivity index (χ4v) is 4.39. The first kappa shape index (κ1) is 26.6. The highest BCUT2D eigenvalue weighted by atomic mass is 32.1. The van der Waals surface area contributed by atoms with Crippen LogP contribution in [0, 0.1) is 6.92 Å². The van der Waals surface area contributed by atoms with E-state index in [1.54, 1.807) is 44.2 Å². The van der Waals surface area contributed by atoms with E-state index in [1.807, 2.05) is 0 Å². The Labute approximate surface area is 219 Å². The molecule has 0 atom stereocenters. The van der Waals surface area contributed by atoms with Gasteiger partial charge in [-0.1, -0.05) is 23.5 Å². The van der Waals surface area contributed by atoms with Crippen LogP contribution in [0.3, 0.4) is 0 Å². The number of rotatable bonds is 6. The maximum atomic E-state index is 13.0. The van der Waals surface area contributed by atoms with Gasteiger partial charge >= 0.3 is 12.2 Å². The zero-order chi connectivity index (χ0) is 27.4. The molecule has 4 amide bonds. The lowest BCUT2D eigenvalue weighted by Crippen LogP contribution is -2.28. The van der Waals surface area contributed by atoms with Gasteiger partial charge in [-0.2, -0.15) is 13.2 Å². The third kappa shape index (κ3) is 6.27. The molecule has 1 aromatic heterocycles. The van der Waals surface area contributed by atoms with Gasteiger partial charge in [0.2, 0.25) is 0 Å². The SMILES string of the molecule is CCNC(=O)Nc1nc2ccc(C(=O)Nc3cc(NC(=O)c4cccc(C(F)(F)F)c4)ccc3C)cc2s1. The molecule has 4 rings (SSSR count). The highest BCUT2D eigenvalue weighted by Crippen LogP contribution is 2.30. The zero-order valence-electron chi connectivity index (χ0n) is 20.2. The number of carbonyl (C=O) groups excluding carboxylic acids is 3. The maximum Gasteiger partial charge on any atom is 0.416 e. The number of thiazole rings is 1. The van der Waals surface area contributed by atoms with Crippen LogP contribution in [0.2, 0.25) is 0 Å². The van der Waals surface area contributed by atoms with Crippen molar-refractivity contribution in [2.45, 2.75) is 20.0 Å². The molecule has 0 unspecified atom stereocenters. The third-order valence-electron chi connectivity index (χ3n) is 5.40. The molecule has 0 aliphatic rings. The van der Waals surface area contributed by atoms with Crippen LogP contribution in [0.1, 0.15) is 38.8 Å². The van der Waals surface area contributed by atoms with Gasteiger partial charge in [-0.25, -0.2) is 9.78 Å². The molecular formula is C26H22F3N5O3S. The molecule has 0 aliphatic carbocycles. The molecule has 4 aromatic rings. The fourth-order valence-electron chi connectivity index (χ4n) is 3.49. The van der Waals surface area contributed by atoms with Crippen molar-refractivity contribution in [3.8, 4) is 0 Å². The van der Waals surface area contributed by atoms with Crippen molar-refractivity contribution in [1.29, 1.82) is 0 Å². The summed E-state index contributed by atoms with van der Waals surface area (Å²) in [5.74, 6) is -1.13. The number of nitrogens with zero attached hydrogens (tertiary/aromatic N) is 1. The Balaban J connectivity index is 1.48. The van der Waals surface area contributed by atoms with Gasteiger partial charge in [-0.05, 0) is 67.9 Å². The van der Waals surface area contributed by atoms with Gasteiger partial charge in [0.25, 0.3) is 11.8 Å². The van der Waals surface area contributed by atoms with Crippen molar-refractivity contribution >= 4 is 55.9 Å². The van der Waals surface area contributed by atoms with E-state index in [-0.39, 0.29) is 11.6 Å². The molecule has 196 valence electrons. The van der Waals surface area contributed by atoms with Crippen molar-refractivity contribution in [1.82, 2.24) is 10.3 Å². The molecule has 3 aromatic carbocycles. The minimum atomic E-state index is -4.57. The summed E-state index contributed by atoms with van der Waals surface area (Å²) in [6.07, 6.45) is -4.57. The molecule has 0 aliphatic heterocycles. The molecule has 0 saturated carbocycles. The topological polar surface area (TPSA) is 112 Å². The second-order valence-corrected chi connectivity index (χ2v) is 9.23. The number of urea groups is 1. The Morgan fingerprint density at radius 3 is 2.37 bits per heavy atom. The van der Waals surface area contributed by atoms with Crippen LogP contribution in [0.4, 0.5) is 34.5 Å². The fraction of sp³-hybridized carbons (Fsp3) is 0.154. The minimum absolute atomic E-state index is 0.148. The average molecular weight is 542 g/mol. The van der Waals surface area contributed by atoms with Crippen molar-refractivity contribution in [2.24, 2.45) is 0 Å². The normalized spacial score (nSPS) is 11.2. The summed E-state index contributed by atoms with van der Waals surface area (Å²) < 4.78 is 39.7. The van der Waals surface area contributed by atoms with Crippen LogP contribution in [0.15, 0.2) is 60.7 Å². The second kappa shape index (κ2) is 10.9. The van der Waals surface area contributed by atoms with E-state index in [9.17, 15) is 27.6 Å². The molecule has 0 fully saturated rings. The maximum absolute atomic E-state index is 13.0. The first-order chi connectivity index (χ1) is 18.0. The number of aromatic nitrogens is 1. The van der Waals surface area contributed by atoms with Gasteiger partial charge in [0.15, 0.2) is 5.13 Å². The first-order valence-electron chi connectivity index (χ1n) is 11.4. The van der Waals surface area contributed by atoms with Crippen LogP contribution in [-0.2, 0) is 6.18 Å². The Kier molecular flexibility index (Phi) is 7.62. The van der Waals surface area contributed by atoms with E-state index < -0.39 is 23.6 Å². The van der Waals surface area contributed by atoms with E-state index in [0.29, 0.717) is 44.4 Å². The number of amides is 4. The number of halogens is 3. The average Bonchev–Trinajstić information content (AvgIpc) is 3.27. The molecular weight excluding hydrogens is 519 g/mol. The van der Waals surface area contributed by atoms with Gasteiger partial charge in [0.05, 0.1) is 15.8 Å². The lowest BCUT2D eigenvalue weighted by atomic mass is 10.1. The Morgan fingerprint density at radius 1 is 0.895 bits per heavy atom. The van der Waals surface area contributed by atoms with E-state index >= 15 is 0 Å². The molecule has 12 heteroatoms. The van der Waals surface area contributed by atoms with Gasteiger partial charge in [-0.15, -0.1) is 0 Å². The number of fused-ring (bicyclic) bond motifs is 1. The molecule has 4 N–H and O–H groups in total. The number of hydrogen-bond acceptors (Lipinski definition) is 5. The lowest BCUT2D eigenvalue weighted by molar-refractivity contribution is -0.137. The van der Waals surface area contributed by atoms with Gasteiger partial charge in [-0.3, -0.25) is 14.9 Å². The van der Waals surface area contributed by atoms with Crippen LogP contribution in [0.25, 0.3) is 10.2 Å². The predicted molar refractivity (Wildman–Crippen MR) is 141 cm³/mol. The van der Waals surface area contributed by atoms with Gasteiger partial charge in [0.1, 0.15) is 0 Å². The largest absolute Gasteiger partial charge is 0.416 e. The summed E-state index contributed by atoms with van der Waals surface area (Å²) in [6, 6.07) is 13.4. The van der Waals surface area contributed by atoms with E-state index in [1.165, 1.54) is 23.5 Å². The zero-order valence-corrected chi connectivity index (χ0v) is 21.0. The van der Waals surface area contributed by atoms with E-state index in [2.05, 4.69) is 26.3 Å². The molecule has 8 nitrogen and oxygen atoms in total. The quantitative estimate of drug-likeness (QED) is 0.231. The summed E-state index contributed by atoms with van der Waals surface area (Å²) in [5, 5.41) is 11.0. The van der Waals surface area contributed by atoms with Crippen LogP contribution >= 0.6 is 11.3 Å². The van der Waals surface area contributed by atoms with Crippen LogP contribution in [-0.4, -0.2) is 29.4 Å². The van der Waals surface area contributed by atoms with Crippen molar-refractivity contribution in [3.05, 3.63) is 82.9 Å².